The molecule has 0 radical (unpaired) electrons. The Labute approximate surface area is 202 Å². The molecule has 2 aromatic carbocycles. The monoisotopic (exact) mass is 461 g/mol. The molecule has 2 N–H and O–H groups in total. The maximum Gasteiger partial charge on any atom is 0.250 e. The minimum atomic E-state index is 0.0427. The van der Waals surface area contributed by atoms with Gasteiger partial charge >= 0.3 is 0 Å². The van der Waals surface area contributed by atoms with Gasteiger partial charge in [-0.05, 0) is 43.0 Å². The topological polar surface area (TPSA) is 77.1 Å². The molecular formula is C28H35N3O3. The van der Waals surface area contributed by atoms with Gasteiger partial charge in [-0.2, -0.15) is 0 Å². The van der Waals surface area contributed by atoms with Gasteiger partial charge in [0.25, 0.3) is 0 Å². The van der Waals surface area contributed by atoms with Gasteiger partial charge in [-0.1, -0.05) is 56.8 Å². The Morgan fingerprint density at radius 1 is 1.06 bits per heavy atom. The van der Waals surface area contributed by atoms with Gasteiger partial charge in [0.2, 0.25) is 5.91 Å². The fourth-order valence-corrected chi connectivity index (χ4v) is 3.89. The number of hydrogen-bond acceptors (Lipinski definition) is 5. The number of rotatable bonds is 11. The minimum absolute atomic E-state index is 0.0427. The highest BCUT2D eigenvalue weighted by molar-refractivity contribution is 6.05. The number of amidine groups is 1. The van der Waals surface area contributed by atoms with Crippen LogP contribution in [-0.4, -0.2) is 43.1 Å². The van der Waals surface area contributed by atoms with Crippen molar-refractivity contribution in [2.75, 3.05) is 26.5 Å². The summed E-state index contributed by atoms with van der Waals surface area (Å²) in [6.07, 6.45) is 4.14. The summed E-state index contributed by atoms with van der Waals surface area (Å²) in [6, 6.07) is 14.0. The van der Waals surface area contributed by atoms with E-state index in [0.717, 1.165) is 53.9 Å². The van der Waals surface area contributed by atoms with E-state index in [1.54, 1.807) is 0 Å². The first-order valence-electron chi connectivity index (χ1n) is 11.9. The van der Waals surface area contributed by atoms with Crippen LogP contribution >= 0.6 is 0 Å². The lowest BCUT2D eigenvalue weighted by Crippen LogP contribution is -2.34. The molecule has 3 rings (SSSR count). The van der Waals surface area contributed by atoms with E-state index < -0.39 is 0 Å². The third kappa shape index (κ3) is 6.35. The van der Waals surface area contributed by atoms with Crippen molar-refractivity contribution in [3.63, 3.8) is 0 Å². The summed E-state index contributed by atoms with van der Waals surface area (Å²) < 4.78 is 10.7. The molecular weight excluding hydrogens is 426 g/mol. The Morgan fingerprint density at radius 3 is 2.38 bits per heavy atom. The van der Waals surface area contributed by atoms with E-state index in [0.29, 0.717) is 30.2 Å². The number of benzene rings is 2. The SMILES string of the molecule is C=C(OCOCC)c1ccc(-c2ccc3c(c2)N=C(N)CC(C(=O)N(CCC)CCC)=C3)cc1. The summed E-state index contributed by atoms with van der Waals surface area (Å²) in [5, 5.41) is 0. The predicted octanol–water partition coefficient (Wildman–Crippen LogP) is 5.76. The van der Waals surface area contributed by atoms with Crippen LogP contribution in [0.5, 0.6) is 0 Å². The lowest BCUT2D eigenvalue weighted by atomic mass is 9.99. The fourth-order valence-electron chi connectivity index (χ4n) is 3.89. The zero-order valence-electron chi connectivity index (χ0n) is 20.5. The zero-order valence-corrected chi connectivity index (χ0v) is 20.5. The molecule has 6 heteroatoms. The number of nitrogens with zero attached hydrogens (tertiary/aromatic N) is 2. The number of ether oxygens (including phenoxy) is 2. The normalized spacial score (nSPS) is 12.8. The zero-order chi connectivity index (χ0) is 24.5. The van der Waals surface area contributed by atoms with Crippen LogP contribution in [0.15, 0.2) is 59.6 Å². The number of nitrogens with two attached hydrogens (primary N) is 1. The van der Waals surface area contributed by atoms with Gasteiger partial charge in [-0.3, -0.25) is 4.79 Å². The van der Waals surface area contributed by atoms with E-state index in [4.69, 9.17) is 15.2 Å². The molecule has 0 bridgehead atoms. The molecule has 0 fully saturated rings. The molecule has 0 saturated carbocycles. The van der Waals surface area contributed by atoms with Gasteiger partial charge < -0.3 is 20.1 Å². The number of fused-ring (bicyclic) bond motifs is 1. The van der Waals surface area contributed by atoms with Crippen LogP contribution in [0.25, 0.3) is 23.0 Å². The van der Waals surface area contributed by atoms with Crippen LogP contribution in [0.1, 0.15) is 51.2 Å². The minimum Gasteiger partial charge on any atom is -0.468 e. The van der Waals surface area contributed by atoms with Crippen molar-refractivity contribution in [1.29, 1.82) is 0 Å². The number of aliphatic imine (C=N–C) groups is 1. The Morgan fingerprint density at radius 2 is 1.74 bits per heavy atom. The molecule has 34 heavy (non-hydrogen) atoms. The maximum atomic E-state index is 13.2. The van der Waals surface area contributed by atoms with E-state index >= 15 is 0 Å². The molecule has 1 aliphatic rings. The Hall–Kier alpha value is -3.38. The lowest BCUT2D eigenvalue weighted by molar-refractivity contribution is -0.127. The van der Waals surface area contributed by atoms with Crippen molar-refractivity contribution in [3.8, 4) is 11.1 Å². The van der Waals surface area contributed by atoms with Crippen LogP contribution in [0.2, 0.25) is 0 Å². The molecule has 0 aromatic heterocycles. The summed E-state index contributed by atoms with van der Waals surface area (Å²) in [4.78, 5) is 19.7. The Kier molecular flexibility index (Phi) is 9.05. The van der Waals surface area contributed by atoms with Crippen molar-refractivity contribution in [2.24, 2.45) is 10.7 Å². The molecule has 0 atom stereocenters. The van der Waals surface area contributed by atoms with Gasteiger partial charge in [-0.15, -0.1) is 0 Å². The van der Waals surface area contributed by atoms with Crippen LogP contribution in [0.3, 0.4) is 0 Å². The number of carbonyl (C=O) groups is 1. The summed E-state index contributed by atoms with van der Waals surface area (Å²) >= 11 is 0. The third-order valence-electron chi connectivity index (χ3n) is 5.61. The summed E-state index contributed by atoms with van der Waals surface area (Å²) in [5.74, 6) is 1.06. The van der Waals surface area contributed by atoms with Crippen molar-refractivity contribution >= 4 is 29.3 Å². The molecule has 2 aromatic rings. The second kappa shape index (κ2) is 12.2. The molecule has 6 nitrogen and oxygen atoms in total. The number of carbonyl (C=O) groups excluding carboxylic acids is 1. The van der Waals surface area contributed by atoms with E-state index in [9.17, 15) is 4.79 Å². The Balaban J connectivity index is 1.84. The number of amides is 1. The smallest absolute Gasteiger partial charge is 0.250 e. The van der Waals surface area contributed by atoms with Crippen molar-refractivity contribution in [2.45, 2.75) is 40.0 Å². The summed E-state index contributed by atoms with van der Waals surface area (Å²) in [7, 11) is 0. The largest absolute Gasteiger partial charge is 0.468 e. The average Bonchev–Trinajstić information content (AvgIpc) is 3.01. The quantitative estimate of drug-likeness (QED) is 0.262. The van der Waals surface area contributed by atoms with E-state index in [1.165, 1.54) is 0 Å². The lowest BCUT2D eigenvalue weighted by Gasteiger charge is -2.22. The van der Waals surface area contributed by atoms with Gasteiger partial charge in [0.1, 0.15) is 11.6 Å². The van der Waals surface area contributed by atoms with E-state index in [1.807, 2.05) is 60.4 Å². The van der Waals surface area contributed by atoms with Crippen LogP contribution in [0.4, 0.5) is 5.69 Å². The van der Waals surface area contributed by atoms with Crippen LogP contribution in [-0.2, 0) is 14.3 Å². The maximum absolute atomic E-state index is 13.2. The van der Waals surface area contributed by atoms with Crippen molar-refractivity contribution in [3.05, 3.63) is 65.7 Å². The van der Waals surface area contributed by atoms with Gasteiger partial charge in [0.15, 0.2) is 6.79 Å². The predicted molar refractivity (Wildman–Crippen MR) is 140 cm³/mol. The standard InChI is InChI=1S/C28H35N3O3/c1-5-14-31(15-6-2)28(32)25-16-24-13-12-23(17-26(24)30-27(29)18-25)22-10-8-21(9-11-22)20(4)34-19-33-7-3/h8-13,16-17H,4-7,14-15,18-19H2,1-3H3,(H2,29,30). The summed E-state index contributed by atoms with van der Waals surface area (Å²) in [5.41, 5.74) is 11.5. The first-order chi connectivity index (χ1) is 16.5. The molecule has 1 aliphatic heterocycles. The summed E-state index contributed by atoms with van der Waals surface area (Å²) in [6.45, 7) is 12.3. The van der Waals surface area contributed by atoms with Gasteiger partial charge in [0, 0.05) is 42.8 Å². The average molecular weight is 462 g/mol. The second-order valence-corrected chi connectivity index (χ2v) is 8.27. The van der Waals surface area contributed by atoms with E-state index in [2.05, 4.69) is 25.4 Å². The van der Waals surface area contributed by atoms with Crippen LogP contribution < -0.4 is 5.73 Å². The van der Waals surface area contributed by atoms with Crippen molar-refractivity contribution < 1.29 is 14.3 Å². The Bertz CT molecular complexity index is 1060. The van der Waals surface area contributed by atoms with E-state index in [-0.39, 0.29) is 12.7 Å². The molecule has 0 aliphatic carbocycles. The highest BCUT2D eigenvalue weighted by Gasteiger charge is 2.21. The molecule has 0 unspecified atom stereocenters. The highest BCUT2D eigenvalue weighted by atomic mass is 16.7. The van der Waals surface area contributed by atoms with Gasteiger partial charge in [-0.25, -0.2) is 4.99 Å². The van der Waals surface area contributed by atoms with Crippen LogP contribution in [0, 0.1) is 0 Å². The first kappa shape index (κ1) is 25.2. The fraction of sp³-hybridized carbons (Fsp3) is 0.357. The highest BCUT2D eigenvalue weighted by Crippen LogP contribution is 2.32. The van der Waals surface area contributed by atoms with Crippen molar-refractivity contribution in [1.82, 2.24) is 4.90 Å². The number of hydrogen-bond donors (Lipinski definition) is 1. The molecule has 180 valence electrons. The molecule has 0 saturated heterocycles. The third-order valence-corrected chi connectivity index (χ3v) is 5.61. The molecule has 0 spiro atoms. The molecule has 1 heterocycles. The van der Waals surface area contributed by atoms with Gasteiger partial charge in [0.05, 0.1) is 5.69 Å². The second-order valence-electron chi connectivity index (χ2n) is 8.27. The first-order valence-corrected chi connectivity index (χ1v) is 11.9. The molecule has 1 amide bonds.